The summed E-state index contributed by atoms with van der Waals surface area (Å²) in [6.07, 6.45) is 0. The zero-order valence-corrected chi connectivity index (χ0v) is 22.1. The lowest BCUT2D eigenvalue weighted by molar-refractivity contribution is -0.176. The van der Waals surface area contributed by atoms with E-state index in [0.717, 1.165) is 18.2 Å². The highest BCUT2D eigenvalue weighted by atomic mass is 16.7. The number of imide groups is 1. The smallest absolute Gasteiger partial charge is 0.285 e. The fraction of sp³-hybridized carbons (Fsp3) is 0.500. The van der Waals surface area contributed by atoms with Gasteiger partial charge in [0.2, 0.25) is 0 Å². The lowest BCUT2D eigenvalue weighted by Gasteiger charge is -2.14. The van der Waals surface area contributed by atoms with Crippen molar-refractivity contribution < 1.29 is 42.9 Å². The molecule has 0 saturated heterocycles. The van der Waals surface area contributed by atoms with E-state index in [0.29, 0.717) is 77.2 Å². The first-order chi connectivity index (χ1) is 19.2. The van der Waals surface area contributed by atoms with Crippen LogP contribution in [0.25, 0.3) is 0 Å². The number of amides is 2. The zero-order chi connectivity index (χ0) is 27.1. The van der Waals surface area contributed by atoms with Crippen LogP contribution in [0, 0.1) is 0 Å². The van der Waals surface area contributed by atoms with Crippen LogP contribution in [0.3, 0.4) is 0 Å². The molecule has 0 saturated carbocycles. The Kier molecular flexibility index (Phi) is 12.3. The summed E-state index contributed by atoms with van der Waals surface area (Å²) in [4.78, 5) is 35.4. The average molecular weight is 545 g/mol. The summed E-state index contributed by atoms with van der Waals surface area (Å²) in [7, 11) is 0. The third-order valence-corrected chi connectivity index (χ3v) is 6.01. The van der Waals surface area contributed by atoms with Crippen molar-refractivity contribution in [1.29, 1.82) is 0 Å². The molecule has 0 spiro atoms. The van der Waals surface area contributed by atoms with Gasteiger partial charge >= 0.3 is 0 Å². The molecule has 0 bridgehead atoms. The van der Waals surface area contributed by atoms with Crippen LogP contribution in [0.15, 0.2) is 48.5 Å². The van der Waals surface area contributed by atoms with Crippen LogP contribution in [-0.4, -0.2) is 101 Å². The van der Waals surface area contributed by atoms with Crippen molar-refractivity contribution in [2.45, 2.75) is 13.1 Å². The van der Waals surface area contributed by atoms with Crippen molar-refractivity contribution in [2.24, 2.45) is 0 Å². The van der Waals surface area contributed by atoms with E-state index in [1.165, 1.54) is 11.1 Å². The molecule has 2 amide bonds. The van der Waals surface area contributed by atoms with Gasteiger partial charge in [-0.3, -0.25) is 19.3 Å². The molecule has 0 aromatic heterocycles. The maximum Gasteiger partial charge on any atom is 0.285 e. The summed E-state index contributed by atoms with van der Waals surface area (Å²) >= 11 is 0. The van der Waals surface area contributed by atoms with Crippen molar-refractivity contribution in [3.63, 3.8) is 0 Å². The number of fused-ring (bicyclic) bond motifs is 2. The first-order valence-corrected chi connectivity index (χ1v) is 13.2. The third-order valence-electron chi connectivity index (χ3n) is 6.01. The summed E-state index contributed by atoms with van der Waals surface area (Å²) in [5, 5.41) is 2.74. The van der Waals surface area contributed by atoms with Gasteiger partial charge in [-0.15, -0.1) is 5.06 Å². The lowest BCUT2D eigenvalue weighted by atomic mass is 10.1. The molecule has 0 aliphatic carbocycles. The van der Waals surface area contributed by atoms with Gasteiger partial charge in [0, 0.05) is 13.1 Å². The molecule has 11 nitrogen and oxygen atoms in total. The number of hydrogen-bond donors (Lipinski definition) is 0. The second kappa shape index (κ2) is 16.4. The van der Waals surface area contributed by atoms with E-state index in [4.69, 9.17) is 33.4 Å². The van der Waals surface area contributed by atoms with E-state index in [-0.39, 0.29) is 13.2 Å². The van der Waals surface area contributed by atoms with Gasteiger partial charge in [-0.2, -0.15) is 5.06 Å². The molecule has 2 aliphatic rings. The highest BCUT2D eigenvalue weighted by Crippen LogP contribution is 2.23. The fourth-order valence-corrected chi connectivity index (χ4v) is 4.07. The number of ether oxygens (including phenoxy) is 5. The lowest BCUT2D eigenvalue weighted by Crippen LogP contribution is -2.31. The minimum absolute atomic E-state index is 0.0846. The number of nitrogens with zero attached hydrogens (tertiary/aromatic N) is 2. The van der Waals surface area contributed by atoms with Gasteiger partial charge in [0.05, 0.1) is 90.4 Å². The number of hydroxylamine groups is 4. The standard InChI is InChI=1S/C28H36N2O9/c31-27-25-7-3-4-8-26(25)28(32)30(27)39-20-18-37-16-14-35-12-10-33-9-11-34-13-15-36-17-19-38-29-21-23-5-1-2-6-24(23)22-29/h1-8H,9-22H2. The molecular formula is C28H36N2O9. The van der Waals surface area contributed by atoms with Gasteiger partial charge in [0.25, 0.3) is 11.8 Å². The Morgan fingerprint density at radius 3 is 1.28 bits per heavy atom. The molecule has 212 valence electrons. The Bertz CT molecular complexity index is 991. The summed E-state index contributed by atoms with van der Waals surface area (Å²) in [6, 6.07) is 15.0. The highest BCUT2D eigenvalue weighted by molar-refractivity contribution is 6.20. The Morgan fingerprint density at radius 2 is 0.846 bits per heavy atom. The fourth-order valence-electron chi connectivity index (χ4n) is 4.07. The predicted molar refractivity (Wildman–Crippen MR) is 139 cm³/mol. The van der Waals surface area contributed by atoms with Crippen molar-refractivity contribution in [3.05, 3.63) is 70.8 Å². The van der Waals surface area contributed by atoms with Gasteiger partial charge in [0.15, 0.2) is 0 Å². The molecule has 2 heterocycles. The van der Waals surface area contributed by atoms with E-state index in [1.807, 2.05) is 5.06 Å². The third kappa shape index (κ3) is 9.16. The molecule has 0 atom stereocenters. The number of hydrogen-bond acceptors (Lipinski definition) is 10. The predicted octanol–water partition coefficient (Wildman–Crippen LogP) is 2.24. The maximum atomic E-state index is 12.2. The van der Waals surface area contributed by atoms with Crippen molar-refractivity contribution >= 4 is 11.8 Å². The quantitative estimate of drug-likeness (QED) is 0.182. The van der Waals surface area contributed by atoms with Crippen LogP contribution in [0.5, 0.6) is 0 Å². The molecule has 2 aromatic rings. The monoisotopic (exact) mass is 544 g/mol. The SMILES string of the molecule is O=C1c2ccccc2C(=O)N1OCCOCCOCCOCCOCCOCCON1Cc2ccccc2C1. The van der Waals surface area contributed by atoms with Crippen LogP contribution in [-0.2, 0) is 46.4 Å². The second-order valence-corrected chi connectivity index (χ2v) is 8.75. The second-order valence-electron chi connectivity index (χ2n) is 8.75. The van der Waals surface area contributed by atoms with E-state index in [1.54, 1.807) is 24.3 Å². The Hall–Kier alpha value is -2.74. The largest absolute Gasteiger partial charge is 0.377 e. The molecule has 4 rings (SSSR count). The van der Waals surface area contributed by atoms with Crippen molar-refractivity contribution in [1.82, 2.24) is 10.1 Å². The summed E-state index contributed by atoms with van der Waals surface area (Å²) in [6.45, 7) is 6.64. The van der Waals surface area contributed by atoms with Crippen molar-refractivity contribution in [3.8, 4) is 0 Å². The molecule has 0 fully saturated rings. The maximum absolute atomic E-state index is 12.2. The molecular weight excluding hydrogens is 508 g/mol. The zero-order valence-electron chi connectivity index (χ0n) is 22.1. The van der Waals surface area contributed by atoms with Gasteiger partial charge in [-0.1, -0.05) is 36.4 Å². The number of carbonyl (C=O) groups is 2. The van der Waals surface area contributed by atoms with Gasteiger partial charge < -0.3 is 23.7 Å². The van der Waals surface area contributed by atoms with Crippen LogP contribution in [0.1, 0.15) is 31.8 Å². The molecule has 39 heavy (non-hydrogen) atoms. The van der Waals surface area contributed by atoms with Gasteiger partial charge in [0.1, 0.15) is 0 Å². The number of carbonyl (C=O) groups excluding carboxylic acids is 2. The summed E-state index contributed by atoms with van der Waals surface area (Å²) < 4.78 is 27.3. The van der Waals surface area contributed by atoms with Gasteiger partial charge in [-0.05, 0) is 23.3 Å². The van der Waals surface area contributed by atoms with Crippen LogP contribution in [0.2, 0.25) is 0 Å². The van der Waals surface area contributed by atoms with E-state index >= 15 is 0 Å². The minimum atomic E-state index is -0.455. The molecule has 0 radical (unpaired) electrons. The van der Waals surface area contributed by atoms with E-state index in [9.17, 15) is 9.59 Å². The molecule has 2 aromatic carbocycles. The molecule has 0 N–H and O–H groups in total. The average Bonchev–Trinajstić information content (AvgIpc) is 3.48. The summed E-state index contributed by atoms with van der Waals surface area (Å²) in [5.41, 5.74) is 3.33. The van der Waals surface area contributed by atoms with Gasteiger partial charge in [-0.25, -0.2) is 0 Å². The van der Waals surface area contributed by atoms with Crippen LogP contribution >= 0.6 is 0 Å². The first-order valence-electron chi connectivity index (χ1n) is 13.2. The summed E-state index contributed by atoms with van der Waals surface area (Å²) in [5.74, 6) is -0.911. The van der Waals surface area contributed by atoms with E-state index in [2.05, 4.69) is 24.3 Å². The van der Waals surface area contributed by atoms with Crippen LogP contribution < -0.4 is 0 Å². The molecule has 0 unspecified atom stereocenters. The van der Waals surface area contributed by atoms with Crippen molar-refractivity contribution in [2.75, 3.05) is 79.3 Å². The topological polar surface area (TPSA) is 105 Å². The Labute approximate surface area is 228 Å². The molecule has 11 heteroatoms. The Morgan fingerprint density at radius 1 is 0.487 bits per heavy atom. The van der Waals surface area contributed by atoms with Crippen LogP contribution in [0.4, 0.5) is 0 Å². The highest BCUT2D eigenvalue weighted by Gasteiger charge is 2.36. The number of rotatable bonds is 20. The normalized spacial score (nSPS) is 14.8. The van der Waals surface area contributed by atoms with E-state index < -0.39 is 11.8 Å². The Balaban J connectivity index is 0.854. The molecule has 2 aliphatic heterocycles. The first kappa shape index (κ1) is 29.2. The minimum Gasteiger partial charge on any atom is -0.377 e. The number of benzene rings is 2.